The van der Waals surface area contributed by atoms with Crippen LogP contribution in [0.2, 0.25) is 0 Å². The average Bonchev–Trinajstić information content (AvgIpc) is 2.70. The molecule has 0 fully saturated rings. The molecule has 0 atom stereocenters. The molecule has 2 aromatic rings. The Morgan fingerprint density at radius 2 is 1.67 bits per heavy atom. The van der Waals surface area contributed by atoms with Crippen LogP contribution in [0.25, 0.3) is 0 Å². The van der Waals surface area contributed by atoms with Gasteiger partial charge in [-0.3, -0.25) is 14.9 Å². The van der Waals surface area contributed by atoms with Crippen LogP contribution in [0.5, 0.6) is 5.75 Å². The molecule has 0 unspecified atom stereocenters. The third-order valence-corrected chi connectivity index (χ3v) is 4.69. The Morgan fingerprint density at radius 1 is 1.03 bits per heavy atom. The Kier molecular flexibility index (Phi) is 7.83. The van der Waals surface area contributed by atoms with Crippen molar-refractivity contribution in [2.75, 3.05) is 19.8 Å². The second-order valence-electron chi connectivity index (χ2n) is 5.99. The molecule has 0 saturated carbocycles. The maximum atomic E-state index is 11.7. The fraction of sp³-hybridized carbons (Fsp3) is 0.222. The summed E-state index contributed by atoms with van der Waals surface area (Å²) < 4.78 is 32.3. The number of carbonyl (C=O) groups excluding carboxylic acids is 2. The van der Waals surface area contributed by atoms with Crippen LogP contribution in [0.1, 0.15) is 5.56 Å². The molecule has 0 bridgehead atoms. The van der Waals surface area contributed by atoms with Crippen molar-refractivity contribution in [2.45, 2.75) is 11.3 Å². The lowest BCUT2D eigenvalue weighted by Crippen LogP contribution is -2.31. The van der Waals surface area contributed by atoms with Gasteiger partial charge in [0, 0.05) is 18.7 Å². The zero-order chi connectivity index (χ0) is 22.1. The quantitative estimate of drug-likeness (QED) is 0.308. The van der Waals surface area contributed by atoms with Gasteiger partial charge in [-0.2, -0.15) is 0 Å². The Labute approximate surface area is 172 Å². The number of amides is 1. The Balaban J connectivity index is 1.65. The van der Waals surface area contributed by atoms with Crippen LogP contribution in [-0.4, -0.2) is 45.0 Å². The maximum absolute atomic E-state index is 11.7. The molecule has 0 aliphatic carbocycles. The normalized spacial score (nSPS) is 10.8. The molecule has 3 N–H and O–H groups in total. The van der Waals surface area contributed by atoms with Crippen LogP contribution in [0, 0.1) is 10.1 Å². The van der Waals surface area contributed by atoms with Crippen LogP contribution in [0.15, 0.2) is 53.4 Å². The first-order valence-corrected chi connectivity index (χ1v) is 10.1. The van der Waals surface area contributed by atoms with Crippen LogP contribution >= 0.6 is 0 Å². The van der Waals surface area contributed by atoms with Crippen molar-refractivity contribution in [2.24, 2.45) is 5.14 Å². The number of nitrogens with zero attached hydrogens (tertiary/aromatic N) is 1. The zero-order valence-corrected chi connectivity index (χ0v) is 16.5. The summed E-state index contributed by atoms with van der Waals surface area (Å²) in [6, 6.07) is 11.1. The smallest absolute Gasteiger partial charge is 0.344 e. The highest BCUT2D eigenvalue weighted by atomic mass is 32.2. The van der Waals surface area contributed by atoms with E-state index in [9.17, 15) is 28.1 Å². The van der Waals surface area contributed by atoms with E-state index in [0.29, 0.717) is 6.42 Å². The first kappa shape index (κ1) is 22.8. The summed E-state index contributed by atoms with van der Waals surface area (Å²) in [6.07, 6.45) is 0.438. The van der Waals surface area contributed by atoms with Gasteiger partial charge >= 0.3 is 5.97 Å². The molecule has 30 heavy (non-hydrogen) atoms. The topological polar surface area (TPSA) is 168 Å². The number of carbonyl (C=O) groups is 2. The summed E-state index contributed by atoms with van der Waals surface area (Å²) in [5.74, 6) is -1.04. The number of primary sulfonamides is 1. The highest BCUT2D eigenvalue weighted by Crippen LogP contribution is 2.17. The van der Waals surface area contributed by atoms with Gasteiger partial charge in [-0.25, -0.2) is 18.4 Å². The van der Waals surface area contributed by atoms with Gasteiger partial charge in [0.05, 0.1) is 9.82 Å². The Hall–Kier alpha value is -3.51. The van der Waals surface area contributed by atoms with E-state index in [2.05, 4.69) is 5.32 Å². The van der Waals surface area contributed by atoms with Gasteiger partial charge in [-0.1, -0.05) is 12.1 Å². The number of benzene rings is 2. The second-order valence-corrected chi connectivity index (χ2v) is 7.55. The number of nitro groups is 1. The number of sulfonamides is 1. The van der Waals surface area contributed by atoms with Gasteiger partial charge in [-0.05, 0) is 36.2 Å². The summed E-state index contributed by atoms with van der Waals surface area (Å²) >= 11 is 0. The molecule has 0 aromatic heterocycles. The van der Waals surface area contributed by atoms with Gasteiger partial charge in [0.25, 0.3) is 11.6 Å². The van der Waals surface area contributed by atoms with E-state index in [1.165, 1.54) is 36.4 Å². The minimum atomic E-state index is -3.75. The van der Waals surface area contributed by atoms with E-state index in [-0.39, 0.29) is 22.9 Å². The van der Waals surface area contributed by atoms with Crippen molar-refractivity contribution < 1.29 is 32.4 Å². The predicted molar refractivity (Wildman–Crippen MR) is 104 cm³/mol. The lowest BCUT2D eigenvalue weighted by Gasteiger charge is -2.08. The van der Waals surface area contributed by atoms with Crippen LogP contribution in [0.3, 0.4) is 0 Å². The van der Waals surface area contributed by atoms with Crippen molar-refractivity contribution in [3.05, 3.63) is 64.2 Å². The number of non-ortho nitro benzene ring substituents is 1. The number of esters is 1. The molecule has 0 spiro atoms. The number of rotatable bonds is 10. The molecule has 160 valence electrons. The van der Waals surface area contributed by atoms with E-state index in [1.807, 2.05) is 0 Å². The molecule has 0 saturated heterocycles. The third-order valence-electron chi connectivity index (χ3n) is 3.76. The van der Waals surface area contributed by atoms with E-state index < -0.39 is 40.0 Å². The monoisotopic (exact) mass is 437 g/mol. The van der Waals surface area contributed by atoms with E-state index in [1.54, 1.807) is 12.1 Å². The largest absolute Gasteiger partial charge is 0.482 e. The van der Waals surface area contributed by atoms with Gasteiger partial charge in [-0.15, -0.1) is 0 Å². The van der Waals surface area contributed by atoms with Gasteiger partial charge in [0.1, 0.15) is 5.75 Å². The lowest BCUT2D eigenvalue weighted by atomic mass is 10.1. The maximum Gasteiger partial charge on any atom is 0.344 e. The minimum absolute atomic E-state index is 0.00172. The van der Waals surface area contributed by atoms with Crippen molar-refractivity contribution in [3.8, 4) is 5.75 Å². The fourth-order valence-corrected chi connectivity index (χ4v) is 2.75. The van der Waals surface area contributed by atoms with E-state index in [0.717, 1.165) is 5.56 Å². The number of ether oxygens (including phenoxy) is 2. The van der Waals surface area contributed by atoms with E-state index in [4.69, 9.17) is 14.6 Å². The van der Waals surface area contributed by atoms with Gasteiger partial charge < -0.3 is 14.8 Å². The second kappa shape index (κ2) is 10.3. The average molecular weight is 437 g/mol. The Morgan fingerprint density at radius 3 is 2.23 bits per heavy atom. The highest BCUT2D eigenvalue weighted by Gasteiger charge is 2.10. The van der Waals surface area contributed by atoms with Crippen molar-refractivity contribution >= 4 is 27.6 Å². The Bertz CT molecular complexity index is 1000. The molecule has 0 aliphatic heterocycles. The lowest BCUT2D eigenvalue weighted by molar-refractivity contribution is -0.384. The summed E-state index contributed by atoms with van der Waals surface area (Å²) in [7, 11) is -3.75. The van der Waals surface area contributed by atoms with Crippen LogP contribution in [0.4, 0.5) is 5.69 Å². The third kappa shape index (κ3) is 7.48. The van der Waals surface area contributed by atoms with Crippen LogP contribution < -0.4 is 15.2 Å². The summed E-state index contributed by atoms with van der Waals surface area (Å²) in [5, 5.41) is 18.1. The molecule has 2 aromatic carbocycles. The molecule has 1 amide bonds. The molecule has 0 radical (unpaired) electrons. The SMILES string of the molecule is NS(=O)(=O)c1ccc(CCNC(=O)COC(=O)COc2ccc([N+](=O)[O-])cc2)cc1. The number of nitrogens with one attached hydrogen (secondary N) is 1. The van der Waals surface area contributed by atoms with Crippen molar-refractivity contribution in [1.29, 1.82) is 0 Å². The number of hydrogen-bond acceptors (Lipinski definition) is 8. The van der Waals surface area contributed by atoms with Crippen molar-refractivity contribution in [3.63, 3.8) is 0 Å². The zero-order valence-electron chi connectivity index (χ0n) is 15.6. The molecular formula is C18H19N3O8S. The summed E-state index contributed by atoms with van der Waals surface area (Å²) in [6.45, 7) is -0.696. The molecule has 12 heteroatoms. The fourth-order valence-electron chi connectivity index (χ4n) is 2.24. The number of nitro benzene ring substituents is 1. The van der Waals surface area contributed by atoms with Crippen molar-refractivity contribution in [1.82, 2.24) is 5.32 Å². The summed E-state index contributed by atoms with van der Waals surface area (Å²) in [4.78, 5) is 33.3. The highest BCUT2D eigenvalue weighted by molar-refractivity contribution is 7.89. The van der Waals surface area contributed by atoms with Gasteiger partial charge in [0.15, 0.2) is 13.2 Å². The first-order chi connectivity index (χ1) is 14.1. The summed E-state index contributed by atoms with van der Waals surface area (Å²) in [5.41, 5.74) is 0.679. The number of nitrogens with two attached hydrogens (primary N) is 1. The molecule has 2 rings (SSSR count). The molecule has 11 nitrogen and oxygen atoms in total. The van der Waals surface area contributed by atoms with E-state index >= 15 is 0 Å². The van der Waals surface area contributed by atoms with Crippen LogP contribution in [-0.2, 0) is 30.8 Å². The first-order valence-electron chi connectivity index (χ1n) is 8.56. The number of hydrogen-bond donors (Lipinski definition) is 2. The predicted octanol–water partition coefficient (Wildman–Crippen LogP) is 0.523. The molecular weight excluding hydrogens is 418 g/mol. The minimum Gasteiger partial charge on any atom is -0.482 e. The molecule has 0 aliphatic rings. The standard InChI is InChI=1S/C18H19N3O8S/c19-30(26,27)16-7-1-13(2-8-16)9-10-20-17(22)11-29-18(23)12-28-15-5-3-14(4-6-15)21(24)25/h1-8H,9-12H2,(H,20,22)(H2,19,26,27). The van der Waals surface area contributed by atoms with Gasteiger partial charge in [0.2, 0.25) is 10.0 Å². The molecule has 0 heterocycles.